The summed E-state index contributed by atoms with van der Waals surface area (Å²) in [5, 5.41) is 3.34. The molecule has 1 N–H and O–H groups in total. The van der Waals surface area contributed by atoms with Crippen LogP contribution in [0.3, 0.4) is 0 Å². The average Bonchev–Trinajstić information content (AvgIpc) is 2.48. The zero-order valence-electron chi connectivity index (χ0n) is 11.7. The fourth-order valence-electron chi connectivity index (χ4n) is 1.85. The minimum absolute atomic E-state index is 0.663. The normalized spacial score (nSPS) is 10.2. The number of anilines is 1. The number of rotatable bonds is 5. The molecule has 4 nitrogen and oxygen atoms in total. The molecule has 1 aromatic carbocycles. The van der Waals surface area contributed by atoms with Crippen molar-refractivity contribution in [3.8, 4) is 11.5 Å². The van der Waals surface area contributed by atoms with Gasteiger partial charge in [0, 0.05) is 18.2 Å². The van der Waals surface area contributed by atoms with Crippen molar-refractivity contribution in [1.82, 2.24) is 4.98 Å². The standard InChI is InChI=1S/C15H17BrN2O2/c1-10-6-12(9-18-15(10)16)17-8-11-4-5-13(19-2)7-14(11)20-3/h4-7,9,17H,8H2,1-3H3. The average molecular weight is 337 g/mol. The molecule has 1 heterocycles. The number of methoxy groups -OCH3 is 2. The minimum atomic E-state index is 0.663. The van der Waals surface area contributed by atoms with Crippen LogP contribution in [0.2, 0.25) is 0 Å². The Bertz CT molecular complexity index is 602. The van der Waals surface area contributed by atoms with Crippen LogP contribution < -0.4 is 14.8 Å². The minimum Gasteiger partial charge on any atom is -0.497 e. The summed E-state index contributed by atoms with van der Waals surface area (Å²) in [6, 6.07) is 7.84. The molecule has 0 aliphatic heterocycles. The van der Waals surface area contributed by atoms with E-state index in [1.54, 1.807) is 20.4 Å². The van der Waals surface area contributed by atoms with Crippen LogP contribution in [0.15, 0.2) is 35.1 Å². The van der Waals surface area contributed by atoms with Crippen LogP contribution >= 0.6 is 15.9 Å². The molecule has 106 valence electrons. The Hall–Kier alpha value is -1.75. The van der Waals surface area contributed by atoms with Crippen molar-refractivity contribution in [2.24, 2.45) is 0 Å². The number of hydrogen-bond acceptors (Lipinski definition) is 4. The van der Waals surface area contributed by atoms with E-state index in [0.717, 1.165) is 32.9 Å². The predicted molar refractivity (Wildman–Crippen MR) is 83.5 cm³/mol. The molecule has 0 radical (unpaired) electrons. The second-order valence-corrected chi connectivity index (χ2v) is 5.11. The van der Waals surface area contributed by atoms with E-state index >= 15 is 0 Å². The van der Waals surface area contributed by atoms with Crippen LogP contribution in [-0.2, 0) is 6.54 Å². The molecule has 20 heavy (non-hydrogen) atoms. The van der Waals surface area contributed by atoms with Gasteiger partial charge in [-0.2, -0.15) is 0 Å². The Kier molecular flexibility index (Phi) is 4.84. The van der Waals surface area contributed by atoms with Crippen molar-refractivity contribution in [2.45, 2.75) is 13.5 Å². The van der Waals surface area contributed by atoms with Crippen molar-refractivity contribution in [3.63, 3.8) is 0 Å². The molecular weight excluding hydrogens is 320 g/mol. The van der Waals surface area contributed by atoms with Gasteiger partial charge in [0.25, 0.3) is 0 Å². The van der Waals surface area contributed by atoms with Gasteiger partial charge < -0.3 is 14.8 Å². The number of aryl methyl sites for hydroxylation is 1. The fraction of sp³-hybridized carbons (Fsp3) is 0.267. The number of benzene rings is 1. The summed E-state index contributed by atoms with van der Waals surface area (Å²) in [7, 11) is 3.30. The second kappa shape index (κ2) is 6.61. The number of pyridine rings is 1. The molecule has 2 rings (SSSR count). The number of nitrogens with zero attached hydrogens (tertiary/aromatic N) is 1. The van der Waals surface area contributed by atoms with Gasteiger partial charge in [-0.3, -0.25) is 0 Å². The maximum atomic E-state index is 5.38. The van der Waals surface area contributed by atoms with Gasteiger partial charge in [0.05, 0.1) is 26.1 Å². The molecule has 2 aromatic rings. The number of nitrogens with one attached hydrogen (secondary N) is 1. The van der Waals surface area contributed by atoms with Crippen molar-refractivity contribution < 1.29 is 9.47 Å². The van der Waals surface area contributed by atoms with E-state index in [1.165, 1.54) is 0 Å². The van der Waals surface area contributed by atoms with E-state index in [-0.39, 0.29) is 0 Å². The van der Waals surface area contributed by atoms with Crippen LogP contribution in [0.4, 0.5) is 5.69 Å². The fourth-order valence-corrected chi connectivity index (χ4v) is 2.07. The molecule has 0 amide bonds. The molecule has 0 spiro atoms. The molecule has 0 bridgehead atoms. The van der Waals surface area contributed by atoms with Gasteiger partial charge in [0.1, 0.15) is 16.1 Å². The maximum Gasteiger partial charge on any atom is 0.127 e. The lowest BCUT2D eigenvalue weighted by Crippen LogP contribution is -2.02. The van der Waals surface area contributed by atoms with E-state index in [1.807, 2.05) is 31.2 Å². The lowest BCUT2D eigenvalue weighted by molar-refractivity contribution is 0.391. The Morgan fingerprint density at radius 3 is 2.65 bits per heavy atom. The molecule has 5 heteroatoms. The van der Waals surface area contributed by atoms with E-state index in [2.05, 4.69) is 26.2 Å². The number of hydrogen-bond donors (Lipinski definition) is 1. The summed E-state index contributed by atoms with van der Waals surface area (Å²) >= 11 is 3.39. The van der Waals surface area contributed by atoms with Gasteiger partial charge in [0.15, 0.2) is 0 Å². The highest BCUT2D eigenvalue weighted by Crippen LogP contribution is 2.25. The van der Waals surface area contributed by atoms with E-state index in [9.17, 15) is 0 Å². The van der Waals surface area contributed by atoms with Gasteiger partial charge in [-0.25, -0.2) is 4.98 Å². The Morgan fingerprint density at radius 1 is 1.20 bits per heavy atom. The summed E-state index contributed by atoms with van der Waals surface area (Å²) in [6.07, 6.45) is 1.80. The highest BCUT2D eigenvalue weighted by molar-refractivity contribution is 9.10. The van der Waals surface area contributed by atoms with Gasteiger partial charge in [-0.15, -0.1) is 0 Å². The van der Waals surface area contributed by atoms with Crippen LogP contribution in [0, 0.1) is 6.92 Å². The van der Waals surface area contributed by atoms with Crippen LogP contribution in [0.5, 0.6) is 11.5 Å². The van der Waals surface area contributed by atoms with Gasteiger partial charge in [-0.05, 0) is 46.6 Å². The predicted octanol–water partition coefficient (Wildman–Crippen LogP) is 3.78. The SMILES string of the molecule is COc1ccc(CNc2cnc(Br)c(C)c2)c(OC)c1. The monoisotopic (exact) mass is 336 g/mol. The summed E-state index contributed by atoms with van der Waals surface area (Å²) in [4.78, 5) is 4.26. The van der Waals surface area contributed by atoms with Crippen LogP contribution in [-0.4, -0.2) is 19.2 Å². The molecule has 0 fully saturated rings. The smallest absolute Gasteiger partial charge is 0.127 e. The molecule has 0 aliphatic rings. The van der Waals surface area contributed by atoms with E-state index in [0.29, 0.717) is 6.54 Å². The highest BCUT2D eigenvalue weighted by atomic mass is 79.9. The highest BCUT2D eigenvalue weighted by Gasteiger charge is 2.05. The zero-order valence-corrected chi connectivity index (χ0v) is 13.3. The quantitative estimate of drug-likeness (QED) is 0.844. The lowest BCUT2D eigenvalue weighted by Gasteiger charge is -2.12. The van der Waals surface area contributed by atoms with Gasteiger partial charge >= 0.3 is 0 Å². The van der Waals surface area contributed by atoms with Gasteiger partial charge in [-0.1, -0.05) is 0 Å². The molecule has 0 aliphatic carbocycles. The van der Waals surface area contributed by atoms with E-state index in [4.69, 9.17) is 9.47 Å². The first-order valence-corrected chi connectivity index (χ1v) is 7.00. The Labute approximate surface area is 127 Å². The van der Waals surface area contributed by atoms with Crippen LogP contribution in [0.25, 0.3) is 0 Å². The number of ether oxygens (including phenoxy) is 2. The topological polar surface area (TPSA) is 43.4 Å². The third kappa shape index (κ3) is 3.42. The summed E-state index contributed by atoms with van der Waals surface area (Å²) in [6.45, 7) is 2.67. The third-order valence-corrected chi connectivity index (χ3v) is 3.82. The summed E-state index contributed by atoms with van der Waals surface area (Å²) < 4.78 is 11.4. The van der Waals surface area contributed by atoms with Crippen molar-refractivity contribution >= 4 is 21.6 Å². The zero-order chi connectivity index (χ0) is 14.5. The first-order valence-electron chi connectivity index (χ1n) is 6.21. The molecule has 0 saturated carbocycles. The Morgan fingerprint density at radius 2 is 2.00 bits per heavy atom. The molecule has 0 saturated heterocycles. The molecule has 0 atom stereocenters. The molecule has 1 aromatic heterocycles. The molecular formula is C15H17BrN2O2. The largest absolute Gasteiger partial charge is 0.497 e. The number of aromatic nitrogens is 1. The first kappa shape index (κ1) is 14.7. The Balaban J connectivity index is 2.12. The van der Waals surface area contributed by atoms with Crippen LogP contribution in [0.1, 0.15) is 11.1 Å². The molecule has 0 unspecified atom stereocenters. The first-order chi connectivity index (χ1) is 9.63. The summed E-state index contributed by atoms with van der Waals surface area (Å²) in [5.74, 6) is 1.59. The van der Waals surface area contributed by atoms with Crippen molar-refractivity contribution in [1.29, 1.82) is 0 Å². The maximum absolute atomic E-state index is 5.38. The second-order valence-electron chi connectivity index (χ2n) is 4.36. The van der Waals surface area contributed by atoms with Crippen molar-refractivity contribution in [3.05, 3.63) is 46.2 Å². The lowest BCUT2D eigenvalue weighted by atomic mass is 10.2. The number of halogens is 1. The van der Waals surface area contributed by atoms with Crippen molar-refractivity contribution in [2.75, 3.05) is 19.5 Å². The van der Waals surface area contributed by atoms with Gasteiger partial charge in [0.2, 0.25) is 0 Å². The summed E-state index contributed by atoms with van der Waals surface area (Å²) in [5.41, 5.74) is 3.13. The van der Waals surface area contributed by atoms with E-state index < -0.39 is 0 Å². The third-order valence-electron chi connectivity index (χ3n) is 2.99.